The van der Waals surface area contributed by atoms with Gasteiger partial charge in [0.25, 0.3) is 0 Å². The van der Waals surface area contributed by atoms with Gasteiger partial charge in [-0.15, -0.1) is 11.3 Å². The van der Waals surface area contributed by atoms with Gasteiger partial charge in [0.05, 0.1) is 12.2 Å². The zero-order valence-corrected chi connectivity index (χ0v) is 11.9. The van der Waals surface area contributed by atoms with Gasteiger partial charge >= 0.3 is 0 Å². The van der Waals surface area contributed by atoms with Crippen molar-refractivity contribution in [3.05, 3.63) is 16.1 Å². The van der Waals surface area contributed by atoms with E-state index in [0.717, 1.165) is 24.6 Å². The molecule has 0 aliphatic carbocycles. The highest BCUT2D eigenvalue weighted by atomic mass is 32.2. The number of thiazole rings is 1. The smallest absolute Gasteiger partial charge is 0.107 e. The number of nitrogens with two attached hydrogens (primary N) is 1. The topological polar surface area (TPSA) is 42.1 Å². The lowest BCUT2D eigenvalue weighted by atomic mass is 10.1. The van der Waals surface area contributed by atoms with E-state index >= 15 is 0 Å². The van der Waals surface area contributed by atoms with Crippen LogP contribution in [0.2, 0.25) is 0 Å². The number of thioether (sulfide) groups is 1. The lowest BCUT2D eigenvalue weighted by molar-refractivity contribution is 0.220. The fraction of sp³-hybridized carbons (Fsp3) is 0.750. The van der Waals surface area contributed by atoms with Crippen LogP contribution in [0.15, 0.2) is 5.38 Å². The summed E-state index contributed by atoms with van der Waals surface area (Å²) in [6.07, 6.45) is 4.10. The van der Waals surface area contributed by atoms with E-state index in [4.69, 9.17) is 10.7 Å². The molecule has 96 valence electrons. The largest absolute Gasteiger partial charge is 0.330 e. The first-order valence-corrected chi connectivity index (χ1v) is 8.35. The molecule has 1 aromatic heterocycles. The maximum Gasteiger partial charge on any atom is 0.107 e. The molecule has 0 radical (unpaired) electrons. The minimum Gasteiger partial charge on any atom is -0.330 e. The summed E-state index contributed by atoms with van der Waals surface area (Å²) in [6, 6.07) is 0. The summed E-state index contributed by atoms with van der Waals surface area (Å²) < 4.78 is 0. The van der Waals surface area contributed by atoms with Crippen molar-refractivity contribution < 1.29 is 0 Å². The molecule has 1 fully saturated rings. The van der Waals surface area contributed by atoms with Crippen LogP contribution < -0.4 is 5.73 Å². The van der Waals surface area contributed by atoms with Gasteiger partial charge in [-0.1, -0.05) is 6.42 Å². The molecule has 5 heteroatoms. The van der Waals surface area contributed by atoms with E-state index in [0.29, 0.717) is 0 Å². The number of hydrogen-bond acceptors (Lipinski definition) is 5. The van der Waals surface area contributed by atoms with Crippen LogP contribution in [-0.2, 0) is 12.3 Å². The van der Waals surface area contributed by atoms with Crippen LogP contribution in [0.25, 0.3) is 0 Å². The van der Waals surface area contributed by atoms with E-state index in [1.807, 2.05) is 11.8 Å². The summed E-state index contributed by atoms with van der Waals surface area (Å²) in [7, 11) is 0. The van der Waals surface area contributed by atoms with Gasteiger partial charge in [-0.3, -0.25) is 4.90 Å². The van der Waals surface area contributed by atoms with Crippen molar-refractivity contribution in [1.29, 1.82) is 0 Å². The van der Waals surface area contributed by atoms with Gasteiger partial charge in [0.1, 0.15) is 5.01 Å². The van der Waals surface area contributed by atoms with Gasteiger partial charge in [-0.25, -0.2) is 4.98 Å². The Labute approximate surface area is 112 Å². The molecule has 2 heterocycles. The minimum absolute atomic E-state index is 0.759. The molecule has 0 spiro atoms. The second-order valence-electron chi connectivity index (χ2n) is 4.41. The van der Waals surface area contributed by atoms with Gasteiger partial charge in [-0.05, 0) is 25.9 Å². The Bertz CT molecular complexity index is 321. The highest BCUT2D eigenvalue weighted by Crippen LogP contribution is 2.18. The molecule has 1 aromatic rings. The third-order valence-corrected chi connectivity index (χ3v) is 4.83. The van der Waals surface area contributed by atoms with Gasteiger partial charge in [-0.2, -0.15) is 11.8 Å². The Balaban J connectivity index is 1.76. The fourth-order valence-corrected chi connectivity index (χ4v) is 3.67. The predicted octanol–water partition coefficient (Wildman–Crippen LogP) is 2.32. The summed E-state index contributed by atoms with van der Waals surface area (Å²) >= 11 is 3.68. The molecule has 0 aromatic carbocycles. The first-order chi connectivity index (χ1) is 8.38. The first-order valence-electron chi connectivity index (χ1n) is 6.32. The van der Waals surface area contributed by atoms with Crippen LogP contribution >= 0.6 is 23.1 Å². The molecule has 1 aliphatic rings. The number of likely N-dealkylation sites (tertiary alicyclic amines) is 1. The summed E-state index contributed by atoms with van der Waals surface area (Å²) in [5.41, 5.74) is 6.70. The van der Waals surface area contributed by atoms with Gasteiger partial charge < -0.3 is 5.73 Å². The number of nitrogens with zero attached hydrogens (tertiary/aromatic N) is 2. The molecule has 2 N–H and O–H groups in total. The average Bonchev–Trinajstić information content (AvgIpc) is 2.79. The van der Waals surface area contributed by atoms with Crippen LogP contribution in [-0.4, -0.2) is 35.3 Å². The summed E-state index contributed by atoms with van der Waals surface area (Å²) in [4.78, 5) is 7.22. The third-order valence-electron chi connectivity index (χ3n) is 2.92. The predicted molar refractivity (Wildman–Crippen MR) is 76.5 cm³/mol. The number of hydrogen-bond donors (Lipinski definition) is 1. The van der Waals surface area contributed by atoms with Crippen LogP contribution in [0.1, 0.15) is 30.0 Å². The SMILES string of the molecule is NCCSCc1csc(CN2CCCCC2)n1. The van der Waals surface area contributed by atoms with Crippen molar-refractivity contribution in [2.24, 2.45) is 5.73 Å². The molecule has 0 saturated carbocycles. The molecule has 1 saturated heterocycles. The van der Waals surface area contributed by atoms with Crippen LogP contribution in [0.4, 0.5) is 0 Å². The standard InChI is InChI=1S/C12H21N3S2/c13-4-7-16-9-11-10-17-12(14-11)8-15-5-2-1-3-6-15/h10H,1-9,13H2. The normalized spacial score (nSPS) is 17.5. The summed E-state index contributed by atoms with van der Waals surface area (Å²) in [5.74, 6) is 2.03. The maximum absolute atomic E-state index is 5.48. The molecule has 0 amide bonds. The molecule has 0 unspecified atom stereocenters. The summed E-state index contributed by atoms with van der Waals surface area (Å²) in [5, 5.41) is 3.47. The molecular weight excluding hydrogens is 250 g/mol. The van der Waals surface area contributed by atoms with E-state index in [1.165, 1.54) is 43.1 Å². The molecule has 1 aliphatic heterocycles. The second-order valence-corrected chi connectivity index (χ2v) is 6.46. The van der Waals surface area contributed by atoms with E-state index in [2.05, 4.69) is 10.3 Å². The van der Waals surface area contributed by atoms with Crippen molar-refractivity contribution >= 4 is 23.1 Å². The van der Waals surface area contributed by atoms with Crippen molar-refractivity contribution in [1.82, 2.24) is 9.88 Å². The van der Waals surface area contributed by atoms with E-state index in [-0.39, 0.29) is 0 Å². The maximum atomic E-state index is 5.48. The number of rotatable bonds is 6. The first kappa shape index (κ1) is 13.3. The lowest BCUT2D eigenvalue weighted by Gasteiger charge is -2.25. The van der Waals surface area contributed by atoms with Crippen molar-refractivity contribution in [2.45, 2.75) is 31.6 Å². The molecule has 0 atom stereocenters. The Morgan fingerprint density at radius 1 is 1.35 bits per heavy atom. The quantitative estimate of drug-likeness (QED) is 0.806. The Hall–Kier alpha value is -0.100. The zero-order valence-electron chi connectivity index (χ0n) is 10.2. The summed E-state index contributed by atoms with van der Waals surface area (Å²) in [6.45, 7) is 4.30. The molecule has 17 heavy (non-hydrogen) atoms. The highest BCUT2D eigenvalue weighted by Gasteiger charge is 2.12. The van der Waals surface area contributed by atoms with E-state index in [1.54, 1.807) is 11.3 Å². The Kier molecular flexibility index (Phi) is 5.77. The fourth-order valence-electron chi connectivity index (χ4n) is 2.06. The van der Waals surface area contributed by atoms with E-state index in [9.17, 15) is 0 Å². The van der Waals surface area contributed by atoms with Gasteiger partial charge in [0, 0.05) is 23.4 Å². The van der Waals surface area contributed by atoms with Crippen LogP contribution in [0.5, 0.6) is 0 Å². The molecular formula is C12H21N3S2. The number of piperidine rings is 1. The average molecular weight is 271 g/mol. The lowest BCUT2D eigenvalue weighted by Crippen LogP contribution is -2.29. The molecule has 2 rings (SSSR count). The number of aromatic nitrogens is 1. The molecule has 0 bridgehead atoms. The van der Waals surface area contributed by atoms with Crippen molar-refractivity contribution in [3.63, 3.8) is 0 Å². The van der Waals surface area contributed by atoms with Gasteiger partial charge in [0.2, 0.25) is 0 Å². The Morgan fingerprint density at radius 3 is 2.94 bits per heavy atom. The van der Waals surface area contributed by atoms with Crippen molar-refractivity contribution in [3.8, 4) is 0 Å². The molecule has 3 nitrogen and oxygen atoms in total. The van der Waals surface area contributed by atoms with Crippen LogP contribution in [0, 0.1) is 0 Å². The third kappa shape index (κ3) is 4.58. The van der Waals surface area contributed by atoms with Crippen LogP contribution in [0.3, 0.4) is 0 Å². The highest BCUT2D eigenvalue weighted by molar-refractivity contribution is 7.98. The minimum atomic E-state index is 0.759. The van der Waals surface area contributed by atoms with Gasteiger partial charge in [0.15, 0.2) is 0 Å². The second kappa shape index (κ2) is 7.36. The van der Waals surface area contributed by atoms with E-state index < -0.39 is 0 Å². The zero-order chi connectivity index (χ0) is 11.9. The monoisotopic (exact) mass is 271 g/mol. The Morgan fingerprint density at radius 2 is 2.18 bits per heavy atom. The van der Waals surface area contributed by atoms with Crippen molar-refractivity contribution in [2.75, 3.05) is 25.4 Å².